The van der Waals surface area contributed by atoms with Gasteiger partial charge in [-0.3, -0.25) is 0 Å². The van der Waals surface area contributed by atoms with E-state index < -0.39 is 17.7 Å². The van der Waals surface area contributed by atoms with Gasteiger partial charge in [-0.15, -0.1) is 0 Å². The van der Waals surface area contributed by atoms with Crippen molar-refractivity contribution in [2.24, 2.45) is 0 Å². The van der Waals surface area contributed by atoms with Crippen molar-refractivity contribution in [3.05, 3.63) is 29.8 Å². The van der Waals surface area contributed by atoms with E-state index in [2.05, 4.69) is 0 Å². The number of benzene rings is 1. The standard InChI is InChI=1S/C11H10F2N2O2/c1-15(6-2-5-14)11(16)17-10-4-3-8(12)7-9(10)13/h3-4,7H,2,6H2,1H3. The molecule has 6 heteroatoms. The number of hydrogen-bond donors (Lipinski definition) is 0. The third-order valence-corrected chi connectivity index (χ3v) is 1.96. The molecule has 0 atom stereocenters. The highest BCUT2D eigenvalue weighted by molar-refractivity contribution is 5.70. The minimum Gasteiger partial charge on any atom is -0.407 e. The zero-order chi connectivity index (χ0) is 12.8. The summed E-state index contributed by atoms with van der Waals surface area (Å²) in [5, 5.41) is 8.33. The highest BCUT2D eigenvalue weighted by Gasteiger charge is 2.13. The fourth-order valence-corrected chi connectivity index (χ4v) is 1.04. The van der Waals surface area contributed by atoms with E-state index in [1.165, 1.54) is 7.05 Å². The first-order chi connectivity index (χ1) is 8.04. The van der Waals surface area contributed by atoms with Crippen LogP contribution in [-0.2, 0) is 0 Å². The van der Waals surface area contributed by atoms with Gasteiger partial charge in [0.05, 0.1) is 12.5 Å². The van der Waals surface area contributed by atoms with E-state index in [0.717, 1.165) is 17.0 Å². The van der Waals surface area contributed by atoms with Crippen molar-refractivity contribution in [2.45, 2.75) is 6.42 Å². The lowest BCUT2D eigenvalue weighted by molar-refractivity contribution is 0.162. The monoisotopic (exact) mass is 240 g/mol. The van der Waals surface area contributed by atoms with Crippen LogP contribution in [0, 0.1) is 23.0 Å². The summed E-state index contributed by atoms with van der Waals surface area (Å²) >= 11 is 0. The molecule has 1 rings (SSSR count). The summed E-state index contributed by atoms with van der Waals surface area (Å²) in [5.74, 6) is -2.05. The van der Waals surface area contributed by atoms with Gasteiger partial charge in [0.25, 0.3) is 0 Å². The van der Waals surface area contributed by atoms with E-state index in [1.807, 2.05) is 6.07 Å². The van der Waals surface area contributed by atoms with Crippen LogP contribution in [0.2, 0.25) is 0 Å². The van der Waals surface area contributed by atoms with Gasteiger partial charge in [0.2, 0.25) is 0 Å². The quantitative estimate of drug-likeness (QED) is 0.814. The molecular weight excluding hydrogens is 230 g/mol. The van der Waals surface area contributed by atoms with Gasteiger partial charge in [0.15, 0.2) is 11.6 Å². The molecule has 4 nitrogen and oxygen atoms in total. The Bertz CT molecular complexity index is 457. The van der Waals surface area contributed by atoms with Gasteiger partial charge in [-0.25, -0.2) is 13.6 Å². The van der Waals surface area contributed by atoms with Crippen molar-refractivity contribution in [2.75, 3.05) is 13.6 Å². The fraction of sp³-hybridized carbons (Fsp3) is 0.273. The average Bonchev–Trinajstić information content (AvgIpc) is 2.29. The van der Waals surface area contributed by atoms with Gasteiger partial charge in [0, 0.05) is 19.7 Å². The van der Waals surface area contributed by atoms with Crippen molar-refractivity contribution in [3.63, 3.8) is 0 Å². The number of nitrogens with zero attached hydrogens (tertiary/aromatic N) is 2. The summed E-state index contributed by atoms with van der Waals surface area (Å²) in [6.45, 7) is 0.179. The number of ether oxygens (including phenoxy) is 1. The third kappa shape index (κ3) is 3.72. The van der Waals surface area contributed by atoms with Crippen molar-refractivity contribution in [1.82, 2.24) is 4.90 Å². The van der Waals surface area contributed by atoms with Crippen molar-refractivity contribution in [1.29, 1.82) is 5.26 Å². The molecule has 0 spiro atoms. The van der Waals surface area contributed by atoms with Gasteiger partial charge < -0.3 is 9.64 Å². The molecule has 0 fully saturated rings. The molecule has 1 amide bonds. The smallest absolute Gasteiger partial charge is 0.407 e. The summed E-state index contributed by atoms with van der Waals surface area (Å²) in [7, 11) is 1.42. The second-order valence-corrected chi connectivity index (χ2v) is 3.27. The largest absolute Gasteiger partial charge is 0.415 e. The molecule has 0 aromatic heterocycles. The maximum Gasteiger partial charge on any atom is 0.415 e. The molecule has 0 radical (unpaired) electrons. The Morgan fingerprint density at radius 3 is 2.82 bits per heavy atom. The Morgan fingerprint density at radius 2 is 2.24 bits per heavy atom. The second-order valence-electron chi connectivity index (χ2n) is 3.27. The van der Waals surface area contributed by atoms with Gasteiger partial charge >= 0.3 is 6.09 Å². The van der Waals surface area contributed by atoms with Gasteiger partial charge in [-0.05, 0) is 12.1 Å². The molecular formula is C11H10F2N2O2. The van der Waals surface area contributed by atoms with Crippen LogP contribution in [0.4, 0.5) is 13.6 Å². The molecule has 1 aromatic rings. The van der Waals surface area contributed by atoms with Crippen LogP contribution in [0.5, 0.6) is 5.75 Å². The molecule has 90 valence electrons. The Balaban J connectivity index is 2.65. The number of carbonyl (C=O) groups is 1. The molecule has 0 unspecified atom stereocenters. The SMILES string of the molecule is CN(CCC#N)C(=O)Oc1ccc(F)cc1F. The number of nitriles is 1. The van der Waals surface area contributed by atoms with Crippen molar-refractivity contribution in [3.8, 4) is 11.8 Å². The van der Waals surface area contributed by atoms with Crippen LogP contribution in [-0.4, -0.2) is 24.6 Å². The maximum absolute atomic E-state index is 13.1. The van der Waals surface area contributed by atoms with E-state index in [4.69, 9.17) is 10.00 Å². The molecule has 1 aromatic carbocycles. The highest BCUT2D eigenvalue weighted by Crippen LogP contribution is 2.18. The normalized spacial score (nSPS) is 9.53. The Morgan fingerprint density at radius 1 is 1.53 bits per heavy atom. The molecule has 17 heavy (non-hydrogen) atoms. The molecule has 0 aliphatic heterocycles. The zero-order valence-corrected chi connectivity index (χ0v) is 9.11. The molecule has 0 N–H and O–H groups in total. The number of hydrogen-bond acceptors (Lipinski definition) is 3. The first-order valence-corrected chi connectivity index (χ1v) is 4.79. The second kappa shape index (κ2) is 5.80. The highest BCUT2D eigenvalue weighted by atomic mass is 19.1. The van der Waals surface area contributed by atoms with Crippen LogP contribution in [0.1, 0.15) is 6.42 Å². The predicted molar refractivity (Wildman–Crippen MR) is 55.2 cm³/mol. The molecule has 0 bridgehead atoms. The van der Waals surface area contributed by atoms with Crippen molar-refractivity contribution < 1.29 is 18.3 Å². The predicted octanol–water partition coefficient (Wildman–Crippen LogP) is 2.31. The first-order valence-electron chi connectivity index (χ1n) is 4.79. The lowest BCUT2D eigenvalue weighted by atomic mass is 10.3. The average molecular weight is 240 g/mol. The topological polar surface area (TPSA) is 53.3 Å². The lowest BCUT2D eigenvalue weighted by Crippen LogP contribution is -2.30. The number of rotatable bonds is 3. The van der Waals surface area contributed by atoms with Crippen molar-refractivity contribution >= 4 is 6.09 Å². The summed E-state index contributed by atoms with van der Waals surface area (Å²) in [4.78, 5) is 12.5. The molecule has 0 aliphatic rings. The fourth-order valence-electron chi connectivity index (χ4n) is 1.04. The van der Waals surface area contributed by atoms with E-state index in [-0.39, 0.29) is 18.7 Å². The first kappa shape index (κ1) is 12.9. The van der Waals surface area contributed by atoms with E-state index >= 15 is 0 Å². The van der Waals surface area contributed by atoms with Gasteiger partial charge in [-0.1, -0.05) is 0 Å². The lowest BCUT2D eigenvalue weighted by Gasteiger charge is -2.15. The minimum atomic E-state index is -0.952. The van der Waals surface area contributed by atoms with Crippen LogP contribution in [0.3, 0.4) is 0 Å². The Labute approximate surface area is 97.0 Å². The van der Waals surface area contributed by atoms with Gasteiger partial charge in [-0.2, -0.15) is 5.26 Å². The Kier molecular flexibility index (Phi) is 4.40. The summed E-state index contributed by atoms with van der Waals surface area (Å²) < 4.78 is 30.4. The van der Waals surface area contributed by atoms with Crippen LogP contribution < -0.4 is 4.74 Å². The molecule has 0 aliphatic carbocycles. The van der Waals surface area contributed by atoms with Crippen LogP contribution in [0.25, 0.3) is 0 Å². The summed E-state index contributed by atoms with van der Waals surface area (Å²) in [6.07, 6.45) is -0.650. The number of halogens is 2. The van der Waals surface area contributed by atoms with Gasteiger partial charge in [0.1, 0.15) is 5.82 Å². The summed E-state index contributed by atoms with van der Waals surface area (Å²) in [5.41, 5.74) is 0. The van der Waals surface area contributed by atoms with E-state index in [0.29, 0.717) is 6.07 Å². The minimum absolute atomic E-state index is 0.150. The maximum atomic E-state index is 13.1. The Hall–Kier alpha value is -2.16. The number of carbonyl (C=O) groups excluding carboxylic acids is 1. The number of amides is 1. The zero-order valence-electron chi connectivity index (χ0n) is 9.11. The van der Waals surface area contributed by atoms with Crippen LogP contribution in [0.15, 0.2) is 18.2 Å². The molecule has 0 saturated carbocycles. The van der Waals surface area contributed by atoms with E-state index in [9.17, 15) is 13.6 Å². The molecule has 0 heterocycles. The van der Waals surface area contributed by atoms with Crippen LogP contribution >= 0.6 is 0 Å². The summed E-state index contributed by atoms with van der Waals surface area (Å²) in [6, 6.07) is 4.50. The third-order valence-electron chi connectivity index (χ3n) is 1.96. The molecule has 0 saturated heterocycles. The van der Waals surface area contributed by atoms with E-state index in [1.54, 1.807) is 0 Å².